The van der Waals surface area contributed by atoms with Crippen LogP contribution < -0.4 is 14.8 Å². The molecule has 0 aliphatic carbocycles. The van der Waals surface area contributed by atoms with Crippen LogP contribution in [0.1, 0.15) is 50.8 Å². The number of rotatable bonds is 6. The Morgan fingerprint density at radius 2 is 1.70 bits per heavy atom. The highest BCUT2D eigenvalue weighted by Gasteiger charge is 2.65. The summed E-state index contributed by atoms with van der Waals surface area (Å²) in [6.07, 6.45) is 0. The average molecular weight is 601 g/mol. The van der Waals surface area contributed by atoms with E-state index in [1.807, 2.05) is 37.4 Å². The zero-order chi connectivity index (χ0) is 30.5. The number of nitrogens with one attached hydrogen (secondary N) is 1. The number of likely N-dealkylation sites (tertiary alicyclic amines) is 1. The fourth-order valence-electron chi connectivity index (χ4n) is 6.32. The number of carboxylic acid groups (broad SMARTS) is 1. The first-order valence-electron chi connectivity index (χ1n) is 13.7. The molecule has 2 amide bonds. The lowest BCUT2D eigenvalue weighted by atomic mass is 9.73. The molecule has 1 fully saturated rings. The van der Waals surface area contributed by atoms with Gasteiger partial charge in [0.2, 0.25) is 6.79 Å². The van der Waals surface area contributed by atoms with E-state index < -0.39 is 41.2 Å². The average Bonchev–Trinajstić information content (AvgIpc) is 3.69. The molecule has 8 nitrogen and oxygen atoms in total. The highest BCUT2D eigenvalue weighted by Crippen LogP contribution is 2.58. The molecule has 0 saturated carbocycles. The maximum Gasteiger partial charge on any atom is 0.330 e. The molecule has 0 bridgehead atoms. The van der Waals surface area contributed by atoms with Crippen molar-refractivity contribution >= 4 is 34.8 Å². The molecule has 1 saturated heterocycles. The number of ether oxygens (including phenoxy) is 2. The summed E-state index contributed by atoms with van der Waals surface area (Å²) >= 11 is 1.36. The Morgan fingerprint density at radius 1 is 0.977 bits per heavy atom. The van der Waals surface area contributed by atoms with E-state index in [0.29, 0.717) is 27.5 Å². The van der Waals surface area contributed by atoms with E-state index >= 15 is 0 Å². The number of urea groups is 1. The molecule has 4 unspecified atom stereocenters. The monoisotopic (exact) mass is 600 g/mol. The Morgan fingerprint density at radius 3 is 2.37 bits per heavy atom. The van der Waals surface area contributed by atoms with Gasteiger partial charge < -0.3 is 19.9 Å². The number of carboxylic acids is 1. The molecule has 2 N–H and O–H groups in total. The molecule has 220 valence electrons. The van der Waals surface area contributed by atoms with E-state index in [1.54, 1.807) is 30.3 Å². The van der Waals surface area contributed by atoms with Gasteiger partial charge in [-0.15, -0.1) is 11.3 Å². The molecule has 4 atom stereocenters. The predicted octanol–water partition coefficient (Wildman–Crippen LogP) is 6.95. The molecule has 3 aromatic carbocycles. The molecule has 1 aromatic heterocycles. The van der Waals surface area contributed by atoms with Gasteiger partial charge in [0, 0.05) is 22.0 Å². The minimum Gasteiger partial charge on any atom is -0.479 e. The number of benzene rings is 3. The first-order valence-corrected chi connectivity index (χ1v) is 14.6. The second kappa shape index (κ2) is 10.9. The zero-order valence-electron chi connectivity index (χ0n) is 23.7. The number of halogens is 1. The van der Waals surface area contributed by atoms with Gasteiger partial charge in [0.15, 0.2) is 17.3 Å². The third-order valence-electron chi connectivity index (χ3n) is 8.47. The molecule has 10 heteroatoms. The lowest BCUT2D eigenvalue weighted by Crippen LogP contribution is -2.55. The minimum absolute atomic E-state index is 0.0215. The van der Waals surface area contributed by atoms with Crippen molar-refractivity contribution in [3.05, 3.63) is 111 Å². The van der Waals surface area contributed by atoms with Crippen LogP contribution in [0.25, 0.3) is 0 Å². The maximum atomic E-state index is 14.7. The number of thiophene rings is 1. The lowest BCUT2D eigenvalue weighted by Gasteiger charge is -2.37. The molecular weight excluding hydrogens is 571 g/mol. The van der Waals surface area contributed by atoms with E-state index in [-0.39, 0.29) is 18.3 Å². The van der Waals surface area contributed by atoms with Crippen molar-refractivity contribution in [1.82, 2.24) is 4.90 Å². The van der Waals surface area contributed by atoms with Crippen LogP contribution in [0.2, 0.25) is 0 Å². The van der Waals surface area contributed by atoms with Crippen LogP contribution in [0, 0.1) is 25.6 Å². The van der Waals surface area contributed by atoms with Gasteiger partial charge >= 0.3 is 12.0 Å². The largest absolute Gasteiger partial charge is 0.479 e. The quantitative estimate of drug-likeness (QED) is 0.232. The third-order valence-corrected chi connectivity index (χ3v) is 9.57. The summed E-state index contributed by atoms with van der Waals surface area (Å²) < 4.78 is 24.8. The molecule has 43 heavy (non-hydrogen) atoms. The number of aliphatic carboxylic acids is 1. The standard InChI is InChI=1S/C33H29FN2O6S/c1-18-6-4-5-7-23(18)29(37)26-27(30-19(2)14-15-43-30)33(3,31(38)39)36(32(40)35-22-11-9-21(34)10-12-22)28(26)20-8-13-24-25(16-20)42-17-41-24/h4-16,26-28H,17H2,1-3H3,(H,35,40)(H,38,39). The van der Waals surface area contributed by atoms with E-state index in [9.17, 15) is 23.9 Å². The van der Waals surface area contributed by atoms with Crippen molar-refractivity contribution in [2.24, 2.45) is 5.92 Å². The molecule has 0 radical (unpaired) electrons. The number of ketones is 1. The molecule has 0 spiro atoms. The van der Waals surface area contributed by atoms with Crippen molar-refractivity contribution in [2.45, 2.75) is 38.3 Å². The number of anilines is 1. The molecule has 3 heterocycles. The number of fused-ring (bicyclic) bond motifs is 1. The van der Waals surface area contributed by atoms with E-state index in [0.717, 1.165) is 11.1 Å². The normalized spacial score (nSPS) is 22.4. The van der Waals surface area contributed by atoms with Gasteiger partial charge in [-0.05, 0) is 85.3 Å². The van der Waals surface area contributed by atoms with Crippen LogP contribution in [0.4, 0.5) is 14.9 Å². The number of hydrogen-bond acceptors (Lipinski definition) is 6. The molecule has 6 rings (SSSR count). The van der Waals surface area contributed by atoms with Crippen LogP contribution in [-0.2, 0) is 4.79 Å². The fraction of sp³-hybridized carbons (Fsp3) is 0.242. The Labute approximate surface area is 251 Å². The number of hydrogen-bond donors (Lipinski definition) is 2. The van der Waals surface area contributed by atoms with Gasteiger partial charge in [-0.2, -0.15) is 0 Å². The Kier molecular flexibility index (Phi) is 7.17. The van der Waals surface area contributed by atoms with Gasteiger partial charge in [0.1, 0.15) is 11.4 Å². The number of carbonyl (C=O) groups is 3. The SMILES string of the molecule is Cc1ccccc1C(=O)C1C(c2ccc3c(c2)OCO3)N(C(=O)Nc2ccc(F)cc2)C(C)(C(=O)O)C1c1sccc1C. The number of nitrogens with zero attached hydrogens (tertiary/aromatic N) is 1. The minimum atomic E-state index is -1.87. The van der Waals surface area contributed by atoms with Crippen molar-refractivity contribution in [3.8, 4) is 11.5 Å². The third kappa shape index (κ3) is 4.71. The lowest BCUT2D eigenvalue weighted by molar-refractivity contribution is -0.148. The van der Waals surface area contributed by atoms with Crippen LogP contribution >= 0.6 is 11.3 Å². The topological polar surface area (TPSA) is 105 Å². The van der Waals surface area contributed by atoms with Crippen molar-refractivity contribution in [1.29, 1.82) is 0 Å². The summed E-state index contributed by atoms with van der Waals surface area (Å²) in [5.74, 6) is -2.97. The summed E-state index contributed by atoms with van der Waals surface area (Å²) in [7, 11) is 0. The van der Waals surface area contributed by atoms with Gasteiger partial charge in [0.05, 0.1) is 12.0 Å². The molecule has 2 aliphatic rings. The first kappa shape index (κ1) is 28.4. The molecule has 4 aromatic rings. The maximum absolute atomic E-state index is 14.7. The van der Waals surface area contributed by atoms with E-state index in [1.165, 1.54) is 47.4 Å². The molecular formula is C33H29FN2O6S. The summed E-state index contributed by atoms with van der Waals surface area (Å²) in [5.41, 5.74) is 0.950. The first-order chi connectivity index (χ1) is 20.6. The summed E-state index contributed by atoms with van der Waals surface area (Å²) in [6, 6.07) is 17.6. The summed E-state index contributed by atoms with van der Waals surface area (Å²) in [6.45, 7) is 5.22. The van der Waals surface area contributed by atoms with Crippen molar-refractivity contribution in [2.75, 3.05) is 12.1 Å². The van der Waals surface area contributed by atoms with Crippen LogP contribution in [0.3, 0.4) is 0 Å². The number of amides is 2. The molecule has 2 aliphatic heterocycles. The predicted molar refractivity (Wildman–Crippen MR) is 159 cm³/mol. The Hall–Kier alpha value is -4.70. The Balaban J connectivity index is 1.60. The second-order valence-electron chi connectivity index (χ2n) is 11.0. The summed E-state index contributed by atoms with van der Waals surface area (Å²) in [4.78, 5) is 44.5. The number of aryl methyl sites for hydroxylation is 2. The Bertz CT molecular complexity index is 1740. The zero-order valence-corrected chi connectivity index (χ0v) is 24.5. The highest BCUT2D eigenvalue weighted by atomic mass is 32.1. The van der Waals surface area contributed by atoms with Crippen molar-refractivity contribution in [3.63, 3.8) is 0 Å². The number of Topliss-reactive ketones (excluding diaryl/α,β-unsaturated/α-hetero) is 1. The summed E-state index contributed by atoms with van der Waals surface area (Å²) in [5, 5.41) is 15.6. The smallest absolute Gasteiger partial charge is 0.330 e. The van der Waals surface area contributed by atoms with E-state index in [4.69, 9.17) is 9.47 Å². The fourth-order valence-corrected chi connectivity index (χ4v) is 7.52. The van der Waals surface area contributed by atoms with E-state index in [2.05, 4.69) is 5.32 Å². The van der Waals surface area contributed by atoms with Gasteiger partial charge in [-0.1, -0.05) is 30.3 Å². The van der Waals surface area contributed by atoms with Crippen LogP contribution in [-0.4, -0.2) is 40.1 Å². The van der Waals surface area contributed by atoms with Gasteiger partial charge in [-0.3, -0.25) is 9.69 Å². The second-order valence-corrected chi connectivity index (χ2v) is 11.9. The van der Waals surface area contributed by atoms with Gasteiger partial charge in [-0.25, -0.2) is 14.0 Å². The van der Waals surface area contributed by atoms with Gasteiger partial charge in [0.25, 0.3) is 0 Å². The highest BCUT2D eigenvalue weighted by molar-refractivity contribution is 7.10. The van der Waals surface area contributed by atoms with Crippen molar-refractivity contribution < 1.29 is 33.4 Å². The van der Waals surface area contributed by atoms with Crippen LogP contribution in [0.15, 0.2) is 78.2 Å². The van der Waals surface area contributed by atoms with Crippen LogP contribution in [0.5, 0.6) is 11.5 Å². The number of carbonyl (C=O) groups excluding carboxylic acids is 2.